The smallest absolute Gasteiger partial charge is 0.0843 e. The van der Waals surface area contributed by atoms with E-state index in [1.54, 1.807) is 0 Å². The molecule has 24 heavy (non-hydrogen) atoms. The van der Waals surface area contributed by atoms with Gasteiger partial charge >= 0.3 is 0 Å². The molecule has 0 amide bonds. The van der Waals surface area contributed by atoms with E-state index >= 15 is 0 Å². The van der Waals surface area contributed by atoms with E-state index in [2.05, 4.69) is 47.0 Å². The van der Waals surface area contributed by atoms with Crippen LogP contribution in [0.3, 0.4) is 0 Å². The maximum Gasteiger partial charge on any atom is 0.0843 e. The number of hydrogen-bond acceptors (Lipinski definition) is 4. The van der Waals surface area contributed by atoms with Gasteiger partial charge in [-0.25, -0.2) is 0 Å². The van der Waals surface area contributed by atoms with Gasteiger partial charge in [-0.3, -0.25) is 0 Å². The van der Waals surface area contributed by atoms with E-state index in [0.717, 1.165) is 0 Å². The van der Waals surface area contributed by atoms with Crippen LogP contribution in [0.4, 0.5) is 0 Å². The Morgan fingerprint density at radius 2 is 0.958 bits per heavy atom. The molecule has 118 valence electrons. The Hall–Kier alpha value is -2.92. The molecule has 0 aromatic heterocycles. The minimum Gasteiger partial charge on any atom is -0.300 e. The van der Waals surface area contributed by atoms with Crippen LogP contribution < -0.4 is 10.6 Å². The van der Waals surface area contributed by atoms with Crippen LogP contribution in [0.2, 0.25) is 0 Å². The first-order valence-electron chi connectivity index (χ1n) is 7.93. The van der Waals surface area contributed by atoms with Crippen molar-refractivity contribution in [3.05, 3.63) is 59.7 Å². The van der Waals surface area contributed by atoms with Crippen LogP contribution in [0, 0.1) is 22.7 Å². The summed E-state index contributed by atoms with van der Waals surface area (Å²) in [6, 6.07) is 20.9. The highest BCUT2D eigenvalue weighted by atomic mass is 14.9. The lowest BCUT2D eigenvalue weighted by atomic mass is 9.91. The van der Waals surface area contributed by atoms with E-state index in [0.29, 0.717) is 26.2 Å². The Kier molecular flexibility index (Phi) is 5.03. The van der Waals surface area contributed by atoms with Crippen LogP contribution in [0.5, 0.6) is 0 Å². The van der Waals surface area contributed by atoms with E-state index in [1.807, 2.05) is 24.3 Å². The Morgan fingerprint density at radius 3 is 1.25 bits per heavy atom. The quantitative estimate of drug-likeness (QED) is 0.416. The van der Waals surface area contributed by atoms with Gasteiger partial charge in [0.25, 0.3) is 0 Å². The van der Waals surface area contributed by atoms with Gasteiger partial charge in [-0.05, 0) is 32.7 Å². The normalized spacial score (nSPS) is 10.6. The van der Waals surface area contributed by atoms with Crippen LogP contribution in [0.1, 0.15) is 11.1 Å². The van der Waals surface area contributed by atoms with Gasteiger partial charge in [0, 0.05) is 13.1 Å². The molecule has 0 fully saturated rings. The standard InChI is InChI=1S/C20H18N4/c21-9-11-23-13-19-15-5-1-2-6-16(15)20(14-24-12-10-22)18-8-4-3-7-17(18)19/h1-8,23-24H,11-14H2. The van der Waals surface area contributed by atoms with Gasteiger partial charge in [0.1, 0.15) is 0 Å². The molecule has 0 aliphatic heterocycles. The van der Waals surface area contributed by atoms with Crippen molar-refractivity contribution in [1.29, 1.82) is 10.5 Å². The zero-order chi connectivity index (χ0) is 16.8. The Balaban J connectivity index is 2.21. The molecule has 3 rings (SSSR count). The highest BCUT2D eigenvalue weighted by Crippen LogP contribution is 2.32. The van der Waals surface area contributed by atoms with E-state index in [1.165, 1.54) is 32.7 Å². The van der Waals surface area contributed by atoms with Gasteiger partial charge in [0.05, 0.1) is 25.2 Å². The van der Waals surface area contributed by atoms with Gasteiger partial charge in [-0.2, -0.15) is 10.5 Å². The molecule has 4 heteroatoms. The molecule has 3 aromatic rings. The molecule has 0 spiro atoms. The summed E-state index contributed by atoms with van der Waals surface area (Å²) in [4.78, 5) is 0. The molecule has 3 aromatic carbocycles. The fourth-order valence-corrected chi connectivity index (χ4v) is 3.18. The maximum absolute atomic E-state index is 8.79. The predicted molar refractivity (Wildman–Crippen MR) is 96.1 cm³/mol. The summed E-state index contributed by atoms with van der Waals surface area (Å²) in [5.41, 5.74) is 2.42. The zero-order valence-corrected chi connectivity index (χ0v) is 13.3. The predicted octanol–water partition coefficient (Wildman–Crippen LogP) is 3.22. The highest BCUT2D eigenvalue weighted by Gasteiger charge is 2.12. The summed E-state index contributed by atoms with van der Waals surface area (Å²) in [5.74, 6) is 0. The lowest BCUT2D eigenvalue weighted by Gasteiger charge is -2.17. The largest absolute Gasteiger partial charge is 0.300 e. The average molecular weight is 314 g/mol. The first-order valence-corrected chi connectivity index (χ1v) is 7.93. The van der Waals surface area contributed by atoms with E-state index < -0.39 is 0 Å². The van der Waals surface area contributed by atoms with E-state index in [-0.39, 0.29) is 0 Å². The van der Waals surface area contributed by atoms with Crippen molar-refractivity contribution in [2.45, 2.75) is 13.1 Å². The van der Waals surface area contributed by atoms with Crippen molar-refractivity contribution in [3.8, 4) is 12.1 Å². The molecule has 0 unspecified atom stereocenters. The lowest BCUT2D eigenvalue weighted by molar-refractivity contribution is 0.768. The van der Waals surface area contributed by atoms with Crippen LogP contribution in [-0.2, 0) is 13.1 Å². The van der Waals surface area contributed by atoms with Crippen LogP contribution in [0.25, 0.3) is 21.5 Å². The highest BCUT2D eigenvalue weighted by molar-refractivity contribution is 6.05. The van der Waals surface area contributed by atoms with E-state index in [9.17, 15) is 0 Å². The first-order chi connectivity index (χ1) is 11.9. The van der Waals surface area contributed by atoms with Crippen LogP contribution >= 0.6 is 0 Å². The Morgan fingerprint density at radius 1 is 0.625 bits per heavy atom. The summed E-state index contributed by atoms with van der Waals surface area (Å²) >= 11 is 0. The summed E-state index contributed by atoms with van der Waals surface area (Å²) in [7, 11) is 0. The van der Waals surface area contributed by atoms with Gasteiger partial charge in [-0.15, -0.1) is 0 Å². The second-order valence-corrected chi connectivity index (χ2v) is 5.57. The molecule has 4 nitrogen and oxygen atoms in total. The van der Waals surface area contributed by atoms with Crippen LogP contribution in [0.15, 0.2) is 48.5 Å². The third-order valence-corrected chi connectivity index (χ3v) is 4.17. The van der Waals surface area contributed by atoms with Crippen molar-refractivity contribution >= 4 is 21.5 Å². The molecule has 0 aliphatic carbocycles. The molecular weight excluding hydrogens is 296 g/mol. The monoisotopic (exact) mass is 314 g/mol. The fourth-order valence-electron chi connectivity index (χ4n) is 3.18. The van der Waals surface area contributed by atoms with Gasteiger partial charge in [0.15, 0.2) is 0 Å². The number of nitrogens with zero attached hydrogens (tertiary/aromatic N) is 2. The SMILES string of the molecule is N#CCNCc1c2ccccc2c(CNCC#N)c2ccccc12. The molecule has 0 aliphatic rings. The second-order valence-electron chi connectivity index (χ2n) is 5.57. The van der Waals surface area contributed by atoms with Crippen molar-refractivity contribution < 1.29 is 0 Å². The van der Waals surface area contributed by atoms with Gasteiger partial charge in [0.2, 0.25) is 0 Å². The van der Waals surface area contributed by atoms with Crippen molar-refractivity contribution in [2.75, 3.05) is 13.1 Å². The van der Waals surface area contributed by atoms with Crippen LogP contribution in [-0.4, -0.2) is 13.1 Å². The van der Waals surface area contributed by atoms with Crippen molar-refractivity contribution in [1.82, 2.24) is 10.6 Å². The number of benzene rings is 3. The minimum absolute atomic E-state index is 0.328. The molecule has 0 atom stereocenters. The minimum atomic E-state index is 0.328. The summed E-state index contributed by atoms with van der Waals surface area (Å²) in [6.45, 7) is 1.96. The third-order valence-electron chi connectivity index (χ3n) is 4.17. The number of fused-ring (bicyclic) bond motifs is 2. The summed E-state index contributed by atoms with van der Waals surface area (Å²) < 4.78 is 0. The Bertz CT molecular complexity index is 812. The third kappa shape index (κ3) is 3.07. The molecule has 0 bridgehead atoms. The summed E-state index contributed by atoms with van der Waals surface area (Å²) in [5, 5.41) is 28.7. The average Bonchev–Trinajstić information content (AvgIpc) is 2.63. The fraction of sp³-hybridized carbons (Fsp3) is 0.200. The molecule has 0 saturated carbocycles. The number of nitriles is 2. The summed E-state index contributed by atoms with van der Waals surface area (Å²) in [6.07, 6.45) is 0. The van der Waals surface area contributed by atoms with Gasteiger partial charge in [-0.1, -0.05) is 48.5 Å². The molecular formula is C20H18N4. The first kappa shape index (κ1) is 16.0. The number of rotatable bonds is 6. The number of hydrogen-bond donors (Lipinski definition) is 2. The molecule has 0 heterocycles. The van der Waals surface area contributed by atoms with Gasteiger partial charge < -0.3 is 10.6 Å². The topological polar surface area (TPSA) is 71.6 Å². The van der Waals surface area contributed by atoms with Crippen molar-refractivity contribution in [2.24, 2.45) is 0 Å². The maximum atomic E-state index is 8.79. The molecule has 0 radical (unpaired) electrons. The number of nitrogens with one attached hydrogen (secondary N) is 2. The lowest BCUT2D eigenvalue weighted by Crippen LogP contribution is -2.16. The van der Waals surface area contributed by atoms with Crippen molar-refractivity contribution in [3.63, 3.8) is 0 Å². The second kappa shape index (κ2) is 7.57. The molecule has 0 saturated heterocycles. The Labute approximate surface area is 141 Å². The van der Waals surface area contributed by atoms with E-state index in [4.69, 9.17) is 10.5 Å². The molecule has 2 N–H and O–H groups in total. The zero-order valence-electron chi connectivity index (χ0n) is 13.3.